The van der Waals surface area contributed by atoms with Crippen molar-refractivity contribution in [1.29, 1.82) is 0 Å². The summed E-state index contributed by atoms with van der Waals surface area (Å²) in [6.07, 6.45) is 3.01. The number of hydrogen-bond donors (Lipinski definition) is 2. The second-order valence-corrected chi connectivity index (χ2v) is 5.92. The van der Waals surface area contributed by atoms with Crippen molar-refractivity contribution in [2.24, 2.45) is 0 Å². The number of aromatic nitrogens is 3. The van der Waals surface area contributed by atoms with Gasteiger partial charge in [0.1, 0.15) is 0 Å². The van der Waals surface area contributed by atoms with E-state index in [1.54, 1.807) is 0 Å². The van der Waals surface area contributed by atoms with Gasteiger partial charge in [0.2, 0.25) is 17.0 Å². The molecule has 0 spiro atoms. The first-order valence-electron chi connectivity index (χ1n) is 7.05. The van der Waals surface area contributed by atoms with Crippen molar-refractivity contribution in [3.63, 3.8) is 0 Å². The Morgan fingerprint density at radius 2 is 2.18 bits per heavy atom. The zero-order chi connectivity index (χ0) is 15.4. The third kappa shape index (κ3) is 3.48. The first-order chi connectivity index (χ1) is 10.7. The van der Waals surface area contributed by atoms with Crippen molar-refractivity contribution in [2.45, 2.75) is 11.6 Å². The van der Waals surface area contributed by atoms with E-state index in [4.69, 9.17) is 5.73 Å². The standard InChI is InChI=1S/C15H17N5OS/c16-14-17-15(19-18-14)22-10-13(21)20-8-6-12(7-9-20)11-4-2-1-3-5-11/h1-6H,7-10H2,(H3,16,17,18,19). The van der Waals surface area contributed by atoms with Crippen LogP contribution in [0.5, 0.6) is 0 Å². The summed E-state index contributed by atoms with van der Waals surface area (Å²) < 4.78 is 0. The number of anilines is 1. The average Bonchev–Trinajstić information content (AvgIpc) is 2.99. The zero-order valence-corrected chi connectivity index (χ0v) is 12.8. The van der Waals surface area contributed by atoms with Crippen molar-refractivity contribution in [3.05, 3.63) is 42.0 Å². The highest BCUT2D eigenvalue weighted by atomic mass is 32.2. The number of thioether (sulfide) groups is 1. The fraction of sp³-hybridized carbons (Fsp3) is 0.267. The maximum atomic E-state index is 12.2. The molecule has 0 radical (unpaired) electrons. The van der Waals surface area contributed by atoms with Crippen molar-refractivity contribution >= 4 is 29.2 Å². The van der Waals surface area contributed by atoms with E-state index in [0.717, 1.165) is 13.0 Å². The molecule has 1 aliphatic rings. The van der Waals surface area contributed by atoms with Crippen molar-refractivity contribution in [1.82, 2.24) is 20.1 Å². The Bertz CT molecular complexity index is 682. The molecule has 1 aromatic heterocycles. The van der Waals surface area contributed by atoms with E-state index >= 15 is 0 Å². The third-order valence-corrected chi connectivity index (χ3v) is 4.35. The van der Waals surface area contributed by atoms with Gasteiger partial charge in [-0.05, 0) is 17.6 Å². The minimum Gasteiger partial charge on any atom is -0.368 e. The minimum absolute atomic E-state index is 0.0942. The summed E-state index contributed by atoms with van der Waals surface area (Å²) in [5.41, 5.74) is 7.99. The predicted octanol–water partition coefficient (Wildman–Crippen LogP) is 1.79. The molecule has 0 atom stereocenters. The minimum atomic E-state index is 0.0942. The van der Waals surface area contributed by atoms with Gasteiger partial charge in [0.15, 0.2) is 0 Å². The molecule has 2 aromatic rings. The topological polar surface area (TPSA) is 87.9 Å². The fourth-order valence-corrected chi connectivity index (χ4v) is 3.06. The molecule has 0 fully saturated rings. The van der Waals surface area contributed by atoms with Gasteiger partial charge in [0, 0.05) is 13.1 Å². The van der Waals surface area contributed by atoms with Gasteiger partial charge in [-0.3, -0.25) is 4.79 Å². The molecular formula is C15H17N5OS. The maximum absolute atomic E-state index is 12.2. The zero-order valence-electron chi connectivity index (χ0n) is 12.0. The first-order valence-corrected chi connectivity index (χ1v) is 8.04. The molecule has 1 amide bonds. The quantitative estimate of drug-likeness (QED) is 0.840. The van der Waals surface area contributed by atoms with Crippen molar-refractivity contribution in [3.8, 4) is 0 Å². The molecule has 1 aromatic carbocycles. The van der Waals surface area contributed by atoms with Gasteiger partial charge in [-0.15, -0.1) is 5.10 Å². The van der Waals surface area contributed by atoms with Crippen LogP contribution in [0, 0.1) is 0 Å². The highest BCUT2D eigenvalue weighted by Gasteiger charge is 2.18. The van der Waals surface area contributed by atoms with E-state index in [1.807, 2.05) is 23.1 Å². The number of carbonyl (C=O) groups excluding carboxylic acids is 1. The Labute approximate surface area is 132 Å². The molecule has 1 aliphatic heterocycles. The lowest BCUT2D eigenvalue weighted by molar-refractivity contribution is -0.127. The molecule has 22 heavy (non-hydrogen) atoms. The Morgan fingerprint density at radius 3 is 2.82 bits per heavy atom. The van der Waals surface area contributed by atoms with Crippen LogP contribution in [0.25, 0.3) is 5.57 Å². The monoisotopic (exact) mass is 315 g/mol. The number of nitrogen functional groups attached to an aromatic ring is 1. The van der Waals surface area contributed by atoms with Crippen LogP contribution in [0.2, 0.25) is 0 Å². The van der Waals surface area contributed by atoms with Crippen LogP contribution in [-0.2, 0) is 4.79 Å². The summed E-state index contributed by atoms with van der Waals surface area (Å²) in [6, 6.07) is 10.3. The van der Waals surface area contributed by atoms with Crippen LogP contribution in [0.15, 0.2) is 41.6 Å². The Hall–Kier alpha value is -2.28. The second-order valence-electron chi connectivity index (χ2n) is 4.98. The maximum Gasteiger partial charge on any atom is 0.233 e. The van der Waals surface area contributed by atoms with E-state index in [1.165, 1.54) is 22.9 Å². The van der Waals surface area contributed by atoms with Crippen LogP contribution in [0.1, 0.15) is 12.0 Å². The normalized spacial score (nSPS) is 14.7. The largest absolute Gasteiger partial charge is 0.368 e. The number of hydrogen-bond acceptors (Lipinski definition) is 5. The lowest BCUT2D eigenvalue weighted by Crippen LogP contribution is -2.35. The molecule has 0 unspecified atom stereocenters. The van der Waals surface area contributed by atoms with Gasteiger partial charge in [0.25, 0.3) is 0 Å². The molecule has 0 aliphatic carbocycles. The van der Waals surface area contributed by atoms with Gasteiger partial charge < -0.3 is 10.6 Å². The molecule has 7 heteroatoms. The van der Waals surface area contributed by atoms with E-state index in [2.05, 4.69) is 33.4 Å². The molecule has 0 saturated heterocycles. The average molecular weight is 315 g/mol. The number of aromatic amines is 1. The number of nitrogens with one attached hydrogen (secondary N) is 1. The molecular weight excluding hydrogens is 298 g/mol. The summed E-state index contributed by atoms with van der Waals surface area (Å²) in [4.78, 5) is 18.0. The highest BCUT2D eigenvalue weighted by Crippen LogP contribution is 2.23. The van der Waals surface area contributed by atoms with Crippen LogP contribution in [-0.4, -0.2) is 44.8 Å². The van der Waals surface area contributed by atoms with Gasteiger partial charge in [-0.2, -0.15) is 4.98 Å². The van der Waals surface area contributed by atoms with Crippen LogP contribution < -0.4 is 5.73 Å². The summed E-state index contributed by atoms with van der Waals surface area (Å²) in [7, 11) is 0. The SMILES string of the molecule is Nc1nc(SCC(=O)N2CC=C(c3ccccc3)CC2)n[nH]1. The first kappa shape index (κ1) is 14.6. The number of amides is 1. The van der Waals surface area contributed by atoms with E-state index in [-0.39, 0.29) is 11.9 Å². The second kappa shape index (κ2) is 6.65. The lowest BCUT2D eigenvalue weighted by atomic mass is 10.00. The van der Waals surface area contributed by atoms with Crippen molar-refractivity contribution < 1.29 is 4.79 Å². The smallest absolute Gasteiger partial charge is 0.233 e. The van der Waals surface area contributed by atoms with E-state index in [0.29, 0.717) is 17.5 Å². The molecule has 114 valence electrons. The van der Waals surface area contributed by atoms with E-state index < -0.39 is 0 Å². The Morgan fingerprint density at radius 1 is 1.36 bits per heavy atom. The lowest BCUT2D eigenvalue weighted by Gasteiger charge is -2.26. The van der Waals surface area contributed by atoms with Gasteiger partial charge in [-0.1, -0.05) is 48.2 Å². The molecule has 0 saturated carbocycles. The number of carbonyl (C=O) groups is 1. The predicted molar refractivity (Wildman–Crippen MR) is 87.1 cm³/mol. The fourth-order valence-electron chi connectivity index (χ4n) is 2.35. The molecule has 0 bridgehead atoms. The van der Waals surface area contributed by atoms with Crippen molar-refractivity contribution in [2.75, 3.05) is 24.6 Å². The van der Waals surface area contributed by atoms with Crippen LogP contribution in [0.4, 0.5) is 5.95 Å². The number of benzene rings is 1. The number of nitrogens with two attached hydrogens (primary N) is 1. The molecule has 2 heterocycles. The Balaban J connectivity index is 1.54. The number of nitrogens with zero attached hydrogens (tertiary/aromatic N) is 3. The van der Waals surface area contributed by atoms with Gasteiger partial charge in [-0.25, -0.2) is 5.10 Å². The van der Waals surface area contributed by atoms with Crippen LogP contribution in [0.3, 0.4) is 0 Å². The third-order valence-electron chi connectivity index (χ3n) is 3.51. The van der Waals surface area contributed by atoms with Crippen LogP contribution >= 0.6 is 11.8 Å². The summed E-state index contributed by atoms with van der Waals surface area (Å²) >= 11 is 1.29. The van der Waals surface area contributed by atoms with Gasteiger partial charge >= 0.3 is 0 Å². The Kier molecular flexibility index (Phi) is 4.43. The summed E-state index contributed by atoms with van der Waals surface area (Å²) in [5.74, 6) is 0.686. The van der Waals surface area contributed by atoms with E-state index in [9.17, 15) is 4.79 Å². The molecule has 3 N–H and O–H groups in total. The highest BCUT2D eigenvalue weighted by molar-refractivity contribution is 7.99. The summed E-state index contributed by atoms with van der Waals surface area (Å²) in [6.45, 7) is 1.40. The van der Waals surface area contributed by atoms with Gasteiger partial charge in [0.05, 0.1) is 5.75 Å². The molecule has 6 nitrogen and oxygen atoms in total. The number of rotatable bonds is 4. The number of H-pyrrole nitrogens is 1. The molecule has 3 rings (SSSR count). The summed E-state index contributed by atoms with van der Waals surface area (Å²) in [5, 5.41) is 6.96.